The first-order valence-electron chi connectivity index (χ1n) is 11.3. The number of benzene rings is 1. The number of H-pyrrole nitrogens is 1. The number of aromatic amines is 1. The molecule has 0 saturated carbocycles. The summed E-state index contributed by atoms with van der Waals surface area (Å²) in [6, 6.07) is 10.7. The molecule has 30 heavy (non-hydrogen) atoms. The second-order valence-electron chi connectivity index (χ2n) is 8.16. The van der Waals surface area contributed by atoms with Crippen LogP contribution in [-0.4, -0.2) is 40.1 Å². The Hall–Kier alpha value is -2.56. The van der Waals surface area contributed by atoms with Crippen LogP contribution in [0.3, 0.4) is 0 Å². The molecule has 2 unspecified atom stereocenters. The summed E-state index contributed by atoms with van der Waals surface area (Å²) in [5.41, 5.74) is 4.88. The molecule has 3 rings (SSSR count). The summed E-state index contributed by atoms with van der Waals surface area (Å²) in [5, 5.41) is 10.7. The van der Waals surface area contributed by atoms with Crippen LogP contribution in [0.2, 0.25) is 0 Å². The Balaban J connectivity index is 0.00000155. The van der Waals surface area contributed by atoms with Gasteiger partial charge in [0.1, 0.15) is 5.69 Å². The number of amides is 1. The lowest BCUT2D eigenvalue weighted by Crippen LogP contribution is -2.34. The monoisotopic (exact) mass is 410 g/mol. The van der Waals surface area contributed by atoms with Gasteiger partial charge in [0, 0.05) is 30.5 Å². The van der Waals surface area contributed by atoms with Crippen LogP contribution in [0.5, 0.6) is 0 Å². The number of likely N-dealkylation sites (tertiary alicyclic amines) is 1. The Bertz CT molecular complexity index is 839. The van der Waals surface area contributed by atoms with E-state index in [4.69, 9.17) is 0 Å². The summed E-state index contributed by atoms with van der Waals surface area (Å²) in [6.45, 7) is 18.3. The van der Waals surface area contributed by atoms with Crippen LogP contribution in [0.1, 0.15) is 93.5 Å². The predicted octanol–water partition coefficient (Wildman–Crippen LogP) is 5.55. The number of hydrogen-bond acceptors (Lipinski definition) is 3. The minimum atomic E-state index is -0.00294. The molecule has 2 N–H and O–H groups in total. The van der Waals surface area contributed by atoms with Crippen LogP contribution in [0, 0.1) is 0 Å². The van der Waals surface area contributed by atoms with Crippen molar-refractivity contribution < 1.29 is 4.79 Å². The summed E-state index contributed by atoms with van der Waals surface area (Å²) in [7, 11) is 0. The Morgan fingerprint density at radius 3 is 2.67 bits per heavy atom. The lowest BCUT2D eigenvalue weighted by atomic mass is 9.96. The molecule has 1 fully saturated rings. The number of carbonyl (C=O) groups excluding carboxylic acids is 1. The third kappa shape index (κ3) is 5.74. The molecule has 1 saturated heterocycles. The lowest BCUT2D eigenvalue weighted by molar-refractivity contribution is 0.0784. The molecule has 0 spiro atoms. The van der Waals surface area contributed by atoms with Gasteiger partial charge >= 0.3 is 0 Å². The fraction of sp³-hybridized carbons (Fsp3) is 0.520. The van der Waals surface area contributed by atoms with Crippen LogP contribution in [0.4, 0.5) is 0 Å². The van der Waals surface area contributed by atoms with E-state index in [1.807, 2.05) is 24.8 Å². The van der Waals surface area contributed by atoms with Gasteiger partial charge < -0.3 is 10.2 Å². The fourth-order valence-corrected chi connectivity index (χ4v) is 3.56. The molecule has 1 aliphatic rings. The zero-order valence-electron chi connectivity index (χ0n) is 19.5. The average molecular weight is 411 g/mol. The quantitative estimate of drug-likeness (QED) is 0.629. The summed E-state index contributed by atoms with van der Waals surface area (Å²) in [5.74, 6) is 0.866. The summed E-state index contributed by atoms with van der Waals surface area (Å²) >= 11 is 0. The van der Waals surface area contributed by atoms with Gasteiger partial charge in [0.2, 0.25) is 0 Å². The average Bonchev–Trinajstić information content (AvgIpc) is 3.44. The van der Waals surface area contributed by atoms with Crippen LogP contribution in [0.25, 0.3) is 5.70 Å². The third-order valence-electron chi connectivity index (χ3n) is 5.71. The zero-order valence-corrected chi connectivity index (χ0v) is 19.5. The van der Waals surface area contributed by atoms with Gasteiger partial charge in [-0.15, -0.1) is 0 Å². The Labute approximate surface area is 182 Å². The molecule has 2 heterocycles. The highest BCUT2D eigenvalue weighted by Crippen LogP contribution is 2.23. The van der Waals surface area contributed by atoms with Gasteiger partial charge in [-0.3, -0.25) is 9.89 Å². The number of aromatic nitrogens is 2. The fourth-order valence-electron chi connectivity index (χ4n) is 3.56. The van der Waals surface area contributed by atoms with Crippen molar-refractivity contribution >= 4 is 11.6 Å². The highest BCUT2D eigenvalue weighted by molar-refractivity contribution is 5.92. The van der Waals surface area contributed by atoms with E-state index in [1.165, 1.54) is 5.56 Å². The number of carbonyl (C=O) groups is 1. The van der Waals surface area contributed by atoms with Gasteiger partial charge in [-0.1, -0.05) is 66.3 Å². The maximum absolute atomic E-state index is 12.7. The van der Waals surface area contributed by atoms with Crippen molar-refractivity contribution in [2.24, 2.45) is 0 Å². The highest BCUT2D eigenvalue weighted by atomic mass is 16.2. The van der Waals surface area contributed by atoms with Gasteiger partial charge in [0.05, 0.1) is 0 Å². The molecular formula is C25H38N4O. The molecule has 0 bridgehead atoms. The lowest BCUT2D eigenvalue weighted by Gasteiger charge is -2.19. The molecule has 1 aromatic heterocycles. The van der Waals surface area contributed by atoms with Gasteiger partial charge in [-0.05, 0) is 47.9 Å². The van der Waals surface area contributed by atoms with Crippen molar-refractivity contribution in [3.8, 4) is 0 Å². The van der Waals surface area contributed by atoms with Crippen molar-refractivity contribution in [3.63, 3.8) is 0 Å². The molecule has 1 amide bonds. The van der Waals surface area contributed by atoms with E-state index >= 15 is 0 Å². The van der Waals surface area contributed by atoms with Crippen LogP contribution >= 0.6 is 0 Å². The number of rotatable bonds is 7. The van der Waals surface area contributed by atoms with E-state index in [0.29, 0.717) is 24.1 Å². The van der Waals surface area contributed by atoms with E-state index in [9.17, 15) is 4.79 Å². The molecule has 1 aliphatic heterocycles. The SMILES string of the molecule is C=C(NC1CCN(C(=O)c2cc(C(C)C)[nH]n2)C1)c1cccc(C(C)CC)c1.CC. The maximum atomic E-state index is 12.7. The first kappa shape index (κ1) is 23.7. The molecule has 1 aromatic carbocycles. The zero-order chi connectivity index (χ0) is 22.3. The number of nitrogens with one attached hydrogen (secondary N) is 2. The molecule has 5 nitrogen and oxygen atoms in total. The van der Waals surface area contributed by atoms with E-state index in [1.54, 1.807) is 0 Å². The van der Waals surface area contributed by atoms with Gasteiger partial charge in [0.15, 0.2) is 0 Å². The Morgan fingerprint density at radius 2 is 2.03 bits per heavy atom. The van der Waals surface area contributed by atoms with Crippen LogP contribution in [-0.2, 0) is 0 Å². The van der Waals surface area contributed by atoms with E-state index in [-0.39, 0.29) is 11.9 Å². The number of hydrogen-bond donors (Lipinski definition) is 2. The molecule has 2 atom stereocenters. The van der Waals surface area contributed by atoms with Crippen molar-refractivity contribution in [3.05, 3.63) is 59.4 Å². The Morgan fingerprint density at radius 1 is 1.30 bits per heavy atom. The Kier molecular flexibility index (Phi) is 8.70. The van der Waals surface area contributed by atoms with Gasteiger partial charge in [-0.2, -0.15) is 5.10 Å². The van der Waals surface area contributed by atoms with E-state index < -0.39 is 0 Å². The van der Waals surface area contributed by atoms with Crippen molar-refractivity contribution in [2.45, 2.75) is 72.3 Å². The predicted molar refractivity (Wildman–Crippen MR) is 126 cm³/mol. The minimum Gasteiger partial charge on any atom is -0.380 e. The summed E-state index contributed by atoms with van der Waals surface area (Å²) in [4.78, 5) is 14.6. The minimum absolute atomic E-state index is 0.00294. The third-order valence-corrected chi connectivity index (χ3v) is 5.71. The van der Waals surface area contributed by atoms with E-state index in [2.05, 4.69) is 74.1 Å². The number of nitrogens with zero attached hydrogens (tertiary/aromatic N) is 2. The topological polar surface area (TPSA) is 61.0 Å². The highest BCUT2D eigenvalue weighted by Gasteiger charge is 2.28. The normalized spacial score (nSPS) is 16.8. The van der Waals surface area contributed by atoms with Crippen molar-refractivity contribution in [1.82, 2.24) is 20.4 Å². The smallest absolute Gasteiger partial charge is 0.274 e. The van der Waals surface area contributed by atoms with Crippen molar-refractivity contribution in [2.75, 3.05) is 13.1 Å². The summed E-state index contributed by atoms with van der Waals surface area (Å²) < 4.78 is 0. The van der Waals surface area contributed by atoms with Crippen LogP contribution < -0.4 is 5.32 Å². The molecular weight excluding hydrogens is 372 g/mol. The second-order valence-corrected chi connectivity index (χ2v) is 8.16. The molecule has 2 aromatic rings. The standard InChI is InChI=1S/C23H32N4O.C2H6/c1-6-16(4)18-8-7-9-19(12-18)17(5)24-20-10-11-27(14-20)23(28)22-13-21(15(2)3)25-26-22;1-2/h7-9,12-13,15-16,20,24H,5-6,10-11,14H2,1-4H3,(H,25,26);1-2H3. The largest absolute Gasteiger partial charge is 0.380 e. The molecule has 0 aliphatic carbocycles. The van der Waals surface area contributed by atoms with Gasteiger partial charge in [0.25, 0.3) is 5.91 Å². The first-order chi connectivity index (χ1) is 14.4. The van der Waals surface area contributed by atoms with E-state index in [0.717, 1.165) is 36.3 Å². The van der Waals surface area contributed by atoms with Crippen molar-refractivity contribution in [1.29, 1.82) is 0 Å². The second kappa shape index (κ2) is 11.0. The molecule has 164 valence electrons. The molecule has 0 radical (unpaired) electrons. The molecule has 5 heteroatoms. The first-order valence-corrected chi connectivity index (χ1v) is 11.3. The maximum Gasteiger partial charge on any atom is 0.274 e. The van der Waals surface area contributed by atoms with Crippen LogP contribution in [0.15, 0.2) is 36.9 Å². The summed E-state index contributed by atoms with van der Waals surface area (Å²) in [6.07, 6.45) is 2.03. The van der Waals surface area contributed by atoms with Gasteiger partial charge in [-0.25, -0.2) is 0 Å².